The van der Waals surface area contributed by atoms with E-state index >= 15 is 0 Å². The maximum absolute atomic E-state index is 13.1. The van der Waals surface area contributed by atoms with Crippen LogP contribution < -0.4 is 4.74 Å². The van der Waals surface area contributed by atoms with Gasteiger partial charge in [-0.25, -0.2) is 0 Å². The second kappa shape index (κ2) is 9.08. The number of aliphatic hydroxyl groups excluding tert-OH is 1. The minimum Gasteiger partial charge on any atom is -0.507 e. The molecule has 1 aromatic carbocycles. The third-order valence-corrected chi connectivity index (χ3v) is 7.11. The van der Waals surface area contributed by atoms with Gasteiger partial charge in [0.05, 0.1) is 18.7 Å². The van der Waals surface area contributed by atoms with E-state index in [-0.39, 0.29) is 11.3 Å². The Morgan fingerprint density at radius 1 is 1.13 bits per heavy atom. The van der Waals surface area contributed by atoms with Gasteiger partial charge in [0.2, 0.25) is 0 Å². The molecule has 2 aromatic heterocycles. The summed E-state index contributed by atoms with van der Waals surface area (Å²) in [6.07, 6.45) is 0.863. The van der Waals surface area contributed by atoms with Crippen LogP contribution in [0.2, 0.25) is 0 Å². The highest BCUT2D eigenvalue weighted by Gasteiger charge is 2.47. The lowest BCUT2D eigenvalue weighted by Gasteiger charge is -2.24. The summed E-state index contributed by atoms with van der Waals surface area (Å²) in [4.78, 5) is 29.6. The normalized spacial score (nSPS) is 18.0. The highest BCUT2D eigenvalue weighted by Crippen LogP contribution is 2.43. The molecule has 7 heteroatoms. The first-order valence-electron chi connectivity index (χ1n) is 10.1. The Bertz CT molecular complexity index is 1130. The van der Waals surface area contributed by atoms with Gasteiger partial charge >= 0.3 is 0 Å². The van der Waals surface area contributed by atoms with Gasteiger partial charge < -0.3 is 14.7 Å². The number of benzene rings is 1. The van der Waals surface area contributed by atoms with Crippen molar-refractivity contribution in [2.24, 2.45) is 0 Å². The first-order chi connectivity index (χ1) is 15.0. The molecule has 1 unspecified atom stereocenters. The number of thiophene rings is 2. The zero-order valence-corrected chi connectivity index (χ0v) is 19.0. The summed E-state index contributed by atoms with van der Waals surface area (Å²) in [6, 6.07) is 12.2. The van der Waals surface area contributed by atoms with Crippen molar-refractivity contribution in [1.82, 2.24) is 4.90 Å². The Balaban J connectivity index is 1.81. The molecule has 1 atom stereocenters. The van der Waals surface area contributed by atoms with Gasteiger partial charge in [0, 0.05) is 15.3 Å². The molecule has 3 heterocycles. The summed E-state index contributed by atoms with van der Waals surface area (Å²) in [5.74, 6) is -0.813. The van der Waals surface area contributed by atoms with Gasteiger partial charge in [0.15, 0.2) is 0 Å². The van der Waals surface area contributed by atoms with Crippen LogP contribution in [0.5, 0.6) is 5.75 Å². The largest absolute Gasteiger partial charge is 0.507 e. The smallest absolute Gasteiger partial charge is 0.296 e. The van der Waals surface area contributed by atoms with Gasteiger partial charge in [-0.3, -0.25) is 9.59 Å². The molecule has 31 heavy (non-hydrogen) atoms. The molecule has 3 aromatic rings. The van der Waals surface area contributed by atoms with Crippen LogP contribution in [0.1, 0.15) is 40.3 Å². The van der Waals surface area contributed by atoms with E-state index in [0.717, 1.165) is 21.7 Å². The second-order valence-corrected chi connectivity index (χ2v) is 9.33. The third kappa shape index (κ3) is 4.16. The molecule has 0 bridgehead atoms. The van der Waals surface area contributed by atoms with E-state index in [1.807, 2.05) is 48.9 Å². The van der Waals surface area contributed by atoms with Gasteiger partial charge in [-0.05, 0) is 53.9 Å². The summed E-state index contributed by atoms with van der Waals surface area (Å²) in [5.41, 5.74) is 1.57. The Labute approximate surface area is 189 Å². The zero-order chi connectivity index (χ0) is 22.0. The lowest BCUT2D eigenvalue weighted by atomic mass is 9.98. The number of carbonyl (C=O) groups is 2. The Hall–Kier alpha value is -2.90. The summed E-state index contributed by atoms with van der Waals surface area (Å²) >= 11 is 3.02. The lowest BCUT2D eigenvalue weighted by Crippen LogP contribution is -2.28. The van der Waals surface area contributed by atoms with Crippen LogP contribution in [0, 0.1) is 6.92 Å². The highest BCUT2D eigenvalue weighted by atomic mass is 32.1. The van der Waals surface area contributed by atoms with Gasteiger partial charge in [-0.2, -0.15) is 0 Å². The SMILES string of the molecule is CCCOc1cccc(/C(O)=C2/C(=O)C(=O)N(Cc3cccs3)C2c2sccc2C)c1. The number of amides is 1. The maximum Gasteiger partial charge on any atom is 0.296 e. The van der Waals surface area contributed by atoms with Crippen molar-refractivity contribution in [3.63, 3.8) is 0 Å². The van der Waals surface area contributed by atoms with Crippen LogP contribution in [-0.2, 0) is 16.1 Å². The molecule has 1 fully saturated rings. The standard InChI is InChI=1S/C24H23NO4S2/c1-3-10-29-17-7-4-6-16(13-17)21(26)19-20(23-15(2)9-12-31-23)25(24(28)22(19)27)14-18-8-5-11-30-18/h4-9,11-13,20,26H,3,10,14H2,1-2H3/b21-19-. The molecule has 1 N–H and O–H groups in total. The fourth-order valence-electron chi connectivity index (χ4n) is 3.66. The molecule has 0 spiro atoms. The van der Waals surface area contributed by atoms with E-state index in [1.165, 1.54) is 22.7 Å². The topological polar surface area (TPSA) is 66.8 Å². The van der Waals surface area contributed by atoms with Crippen molar-refractivity contribution in [3.8, 4) is 5.75 Å². The summed E-state index contributed by atoms with van der Waals surface area (Å²) in [7, 11) is 0. The first kappa shape index (κ1) is 21.3. The number of aliphatic hydroxyl groups is 1. The minimum absolute atomic E-state index is 0.125. The zero-order valence-electron chi connectivity index (χ0n) is 17.3. The van der Waals surface area contributed by atoms with Crippen LogP contribution >= 0.6 is 22.7 Å². The molecule has 0 radical (unpaired) electrons. The molecule has 1 aliphatic rings. The predicted octanol–water partition coefficient (Wildman–Crippen LogP) is 5.53. The third-order valence-electron chi connectivity index (χ3n) is 5.18. The van der Waals surface area contributed by atoms with E-state index in [4.69, 9.17) is 4.74 Å². The van der Waals surface area contributed by atoms with Crippen molar-refractivity contribution >= 4 is 40.1 Å². The van der Waals surface area contributed by atoms with Crippen LogP contribution in [0.3, 0.4) is 0 Å². The Morgan fingerprint density at radius 2 is 1.97 bits per heavy atom. The summed E-state index contributed by atoms with van der Waals surface area (Å²) < 4.78 is 5.67. The molecule has 4 rings (SSSR count). The number of hydrogen-bond donors (Lipinski definition) is 1. The molecule has 1 aliphatic heterocycles. The average molecular weight is 454 g/mol. The minimum atomic E-state index is -0.660. The first-order valence-corrected chi connectivity index (χ1v) is 11.8. The van der Waals surface area contributed by atoms with Crippen LogP contribution in [0.15, 0.2) is 58.8 Å². The number of ketones is 1. The number of likely N-dealkylation sites (tertiary alicyclic amines) is 1. The van der Waals surface area contributed by atoms with E-state index < -0.39 is 17.7 Å². The summed E-state index contributed by atoms with van der Waals surface area (Å²) in [5, 5.41) is 15.1. The van der Waals surface area contributed by atoms with Crippen molar-refractivity contribution in [2.45, 2.75) is 32.9 Å². The fourth-order valence-corrected chi connectivity index (χ4v) is 5.41. The quantitative estimate of drug-likeness (QED) is 0.290. The van der Waals surface area contributed by atoms with E-state index in [1.54, 1.807) is 23.1 Å². The molecule has 160 valence electrons. The lowest BCUT2D eigenvalue weighted by molar-refractivity contribution is -0.140. The number of nitrogens with zero attached hydrogens (tertiary/aromatic N) is 1. The molecule has 1 amide bonds. The summed E-state index contributed by atoms with van der Waals surface area (Å²) in [6.45, 7) is 4.85. The van der Waals surface area contributed by atoms with Crippen LogP contribution in [0.4, 0.5) is 0 Å². The number of Topliss-reactive ketones (excluding diaryl/α,β-unsaturated/α-hetero) is 1. The number of aryl methyl sites for hydroxylation is 1. The maximum atomic E-state index is 13.1. The van der Waals surface area contributed by atoms with Crippen LogP contribution in [-0.4, -0.2) is 28.3 Å². The van der Waals surface area contributed by atoms with Crippen molar-refractivity contribution in [3.05, 3.63) is 79.7 Å². The predicted molar refractivity (Wildman–Crippen MR) is 123 cm³/mol. The molecule has 5 nitrogen and oxygen atoms in total. The number of carbonyl (C=O) groups excluding carboxylic acids is 2. The van der Waals surface area contributed by atoms with E-state index in [2.05, 4.69) is 0 Å². The molecular formula is C24H23NO4S2. The Kier molecular flexibility index (Phi) is 6.25. The number of rotatable bonds is 7. The van der Waals surface area contributed by atoms with Gasteiger partial charge in [0.1, 0.15) is 17.6 Å². The van der Waals surface area contributed by atoms with Gasteiger partial charge in [0.25, 0.3) is 11.7 Å². The number of hydrogen-bond acceptors (Lipinski definition) is 6. The van der Waals surface area contributed by atoms with Crippen molar-refractivity contribution < 1.29 is 19.4 Å². The number of ether oxygens (including phenoxy) is 1. The fraction of sp³-hybridized carbons (Fsp3) is 0.250. The van der Waals surface area contributed by atoms with Crippen molar-refractivity contribution in [1.29, 1.82) is 0 Å². The van der Waals surface area contributed by atoms with E-state index in [0.29, 0.717) is 24.5 Å². The molecule has 1 saturated heterocycles. The second-order valence-electron chi connectivity index (χ2n) is 7.35. The molecule has 0 aliphatic carbocycles. The molecule has 0 saturated carbocycles. The highest BCUT2D eigenvalue weighted by molar-refractivity contribution is 7.10. The monoisotopic (exact) mass is 453 g/mol. The van der Waals surface area contributed by atoms with Crippen molar-refractivity contribution in [2.75, 3.05) is 6.61 Å². The van der Waals surface area contributed by atoms with Gasteiger partial charge in [-0.15, -0.1) is 22.7 Å². The van der Waals surface area contributed by atoms with Crippen LogP contribution in [0.25, 0.3) is 5.76 Å². The molecular weight excluding hydrogens is 430 g/mol. The average Bonchev–Trinajstić information content (AvgIpc) is 3.49. The van der Waals surface area contributed by atoms with E-state index in [9.17, 15) is 14.7 Å². The van der Waals surface area contributed by atoms with Gasteiger partial charge in [-0.1, -0.05) is 25.1 Å². The Morgan fingerprint density at radius 3 is 2.65 bits per heavy atom.